The van der Waals surface area contributed by atoms with Crippen molar-refractivity contribution in [3.8, 4) is 11.5 Å². The normalized spacial score (nSPS) is 12.6. The quantitative estimate of drug-likeness (QED) is 0.110. The highest BCUT2D eigenvalue weighted by Crippen LogP contribution is 2.29. The minimum Gasteiger partial charge on any atom is -0.494 e. The molecule has 0 aliphatic carbocycles. The van der Waals surface area contributed by atoms with E-state index in [0.29, 0.717) is 19.7 Å². The lowest BCUT2D eigenvalue weighted by Gasteiger charge is -2.34. The number of unbranched alkanes of at least 4 members (excludes halogenated alkanes) is 1. The molecule has 0 saturated heterocycles. The summed E-state index contributed by atoms with van der Waals surface area (Å²) in [7, 11) is -4.65. The molecule has 228 valence electrons. The van der Waals surface area contributed by atoms with Gasteiger partial charge in [-0.2, -0.15) is 8.42 Å². The van der Waals surface area contributed by atoms with Crippen molar-refractivity contribution in [1.29, 1.82) is 0 Å². The Morgan fingerprint density at radius 1 is 0.875 bits per heavy atom. The number of aliphatic carboxylic acids is 3. The van der Waals surface area contributed by atoms with Gasteiger partial charge in [0.1, 0.15) is 23.0 Å². The van der Waals surface area contributed by atoms with Crippen LogP contribution in [0.15, 0.2) is 23.1 Å². The molecule has 0 aliphatic rings. The smallest absolute Gasteiger partial charge is 0.317 e. The van der Waals surface area contributed by atoms with Crippen LogP contribution in [0.5, 0.6) is 11.5 Å². The summed E-state index contributed by atoms with van der Waals surface area (Å²) in [6.45, 7) is 5.95. The lowest BCUT2D eigenvalue weighted by atomic mass is 10.2. The molecule has 1 atom stereocenters. The predicted octanol–water partition coefficient (Wildman–Crippen LogP) is 1.06. The summed E-state index contributed by atoms with van der Waals surface area (Å²) in [5.41, 5.74) is 0. The Hall–Kier alpha value is -2.98. The summed E-state index contributed by atoms with van der Waals surface area (Å²) in [5.74, 6) is -3.39. The average Bonchev–Trinajstić information content (AvgIpc) is 2.85. The van der Waals surface area contributed by atoms with Crippen LogP contribution >= 0.6 is 0 Å². The molecule has 14 nitrogen and oxygen atoms in total. The molecule has 40 heavy (non-hydrogen) atoms. The number of rotatable bonds is 22. The van der Waals surface area contributed by atoms with Crippen LogP contribution < -0.4 is 9.47 Å². The van der Waals surface area contributed by atoms with E-state index in [0.717, 1.165) is 12.8 Å². The first-order valence-corrected chi connectivity index (χ1v) is 14.5. The van der Waals surface area contributed by atoms with Crippen molar-refractivity contribution >= 4 is 28.0 Å². The van der Waals surface area contributed by atoms with Crippen LogP contribution in [0.2, 0.25) is 0 Å². The monoisotopic (exact) mass is 591 g/mol. The van der Waals surface area contributed by atoms with Gasteiger partial charge in [-0.1, -0.05) is 27.2 Å². The Morgan fingerprint density at radius 3 is 1.93 bits per heavy atom. The van der Waals surface area contributed by atoms with Gasteiger partial charge < -0.3 is 24.8 Å². The van der Waals surface area contributed by atoms with Gasteiger partial charge in [0.25, 0.3) is 10.1 Å². The van der Waals surface area contributed by atoms with Crippen LogP contribution in [0.25, 0.3) is 0 Å². The molecule has 15 heteroatoms. The zero-order chi connectivity index (χ0) is 30.3. The van der Waals surface area contributed by atoms with Gasteiger partial charge >= 0.3 is 17.9 Å². The molecule has 0 amide bonds. The maximum absolute atomic E-state index is 12.1. The number of carboxylic acid groups (broad SMARTS) is 3. The minimum absolute atomic E-state index is 0.00982. The second-order valence-corrected chi connectivity index (χ2v) is 10.5. The van der Waals surface area contributed by atoms with E-state index in [9.17, 15) is 32.5 Å². The fourth-order valence-corrected chi connectivity index (χ4v) is 4.68. The largest absolute Gasteiger partial charge is 0.494 e. The molecule has 0 fully saturated rings. The van der Waals surface area contributed by atoms with E-state index in [2.05, 4.69) is 0 Å². The van der Waals surface area contributed by atoms with Crippen LogP contribution in [0.1, 0.15) is 33.6 Å². The molecule has 1 aromatic carbocycles. The first kappa shape index (κ1) is 35.0. The molecule has 1 rings (SSSR count). The van der Waals surface area contributed by atoms with Gasteiger partial charge in [0.2, 0.25) is 0 Å². The Balaban J connectivity index is 3.15. The van der Waals surface area contributed by atoms with Crippen molar-refractivity contribution in [2.24, 2.45) is 0 Å². The van der Waals surface area contributed by atoms with Crippen molar-refractivity contribution in [2.75, 3.05) is 65.6 Å². The third-order valence-electron chi connectivity index (χ3n) is 6.00. The van der Waals surface area contributed by atoms with Crippen LogP contribution in [0.3, 0.4) is 0 Å². The first-order chi connectivity index (χ1) is 18.8. The van der Waals surface area contributed by atoms with Crippen LogP contribution in [-0.4, -0.2) is 133 Å². The average molecular weight is 592 g/mol. The van der Waals surface area contributed by atoms with Crippen molar-refractivity contribution < 1.29 is 52.1 Å². The van der Waals surface area contributed by atoms with Gasteiger partial charge in [0.05, 0.1) is 32.3 Å². The fourth-order valence-electron chi connectivity index (χ4n) is 4.04. The van der Waals surface area contributed by atoms with Crippen molar-refractivity contribution in [3.05, 3.63) is 18.2 Å². The number of benzene rings is 1. The first-order valence-electron chi connectivity index (χ1n) is 13.0. The zero-order valence-corrected chi connectivity index (χ0v) is 24.0. The highest BCUT2D eigenvalue weighted by Gasteiger charge is 2.25. The Morgan fingerprint density at radius 2 is 1.43 bits per heavy atom. The topological polar surface area (TPSA) is 194 Å². The van der Waals surface area contributed by atoms with Crippen molar-refractivity contribution in [2.45, 2.75) is 44.6 Å². The number of hydrogen-bond acceptors (Lipinski definition) is 10. The summed E-state index contributed by atoms with van der Waals surface area (Å²) in [6, 6.07) is 3.66. The van der Waals surface area contributed by atoms with Gasteiger partial charge in [0, 0.05) is 25.7 Å². The van der Waals surface area contributed by atoms with Crippen LogP contribution in [0.4, 0.5) is 0 Å². The fraction of sp³-hybridized carbons (Fsp3) is 0.640. The minimum atomic E-state index is -4.65. The molecular weight excluding hydrogens is 550 g/mol. The SMILES string of the molecule is CCCCOc1ccc(OCC(CN(CCN(CC(=O)O)CC(=O)O)CC(=O)O)N(CC)CC)c(S(=O)(=O)O)c1. The molecule has 4 N–H and O–H groups in total. The van der Waals surface area contributed by atoms with E-state index >= 15 is 0 Å². The Bertz CT molecular complexity index is 1050. The maximum atomic E-state index is 12.1. The Kier molecular flexibility index (Phi) is 15.5. The highest BCUT2D eigenvalue weighted by atomic mass is 32.2. The summed E-state index contributed by atoms with van der Waals surface area (Å²) in [6.07, 6.45) is 1.65. The molecule has 0 radical (unpaired) electrons. The van der Waals surface area contributed by atoms with E-state index in [4.69, 9.17) is 19.7 Å². The van der Waals surface area contributed by atoms with E-state index in [1.807, 2.05) is 25.7 Å². The summed E-state index contributed by atoms with van der Waals surface area (Å²) >= 11 is 0. The zero-order valence-electron chi connectivity index (χ0n) is 23.2. The Labute approximate surface area is 234 Å². The number of carbonyl (C=O) groups is 3. The molecule has 0 bridgehead atoms. The van der Waals surface area contributed by atoms with Gasteiger partial charge in [0.15, 0.2) is 0 Å². The van der Waals surface area contributed by atoms with Gasteiger partial charge in [-0.05, 0) is 31.6 Å². The molecule has 1 unspecified atom stereocenters. The second-order valence-electron chi connectivity index (χ2n) is 9.10. The summed E-state index contributed by atoms with van der Waals surface area (Å²) < 4.78 is 45.3. The van der Waals surface area contributed by atoms with Crippen LogP contribution in [-0.2, 0) is 24.5 Å². The summed E-state index contributed by atoms with van der Waals surface area (Å²) in [5, 5.41) is 27.6. The maximum Gasteiger partial charge on any atom is 0.317 e. The molecule has 1 aromatic rings. The van der Waals surface area contributed by atoms with Gasteiger partial charge in [-0.15, -0.1) is 0 Å². The third kappa shape index (κ3) is 13.4. The number of carboxylic acids is 3. The standard InChI is InChI=1S/C25H41N3O11S/c1-4-7-12-38-20-8-9-21(22(13-20)40(35,36)37)39-18-19(28(5-2)6-3)14-26(15-23(29)30)10-11-27(16-24(31)32)17-25(33)34/h8-9,13,19H,4-7,10-12,14-18H2,1-3H3,(H,29,30)(H,31,32)(H,33,34)(H,35,36,37). The van der Waals surface area contributed by atoms with E-state index in [1.54, 1.807) is 4.90 Å². The number of ether oxygens (including phenoxy) is 2. The molecular formula is C25H41N3O11S. The number of nitrogens with zero attached hydrogens (tertiary/aromatic N) is 3. The predicted molar refractivity (Wildman–Crippen MR) is 145 cm³/mol. The molecule has 0 aromatic heterocycles. The van der Waals surface area contributed by atoms with E-state index in [-0.39, 0.29) is 37.7 Å². The van der Waals surface area contributed by atoms with Crippen LogP contribution in [0, 0.1) is 0 Å². The van der Waals surface area contributed by atoms with Gasteiger partial charge in [-0.3, -0.25) is 33.6 Å². The summed E-state index contributed by atoms with van der Waals surface area (Å²) in [4.78, 5) is 38.1. The lowest BCUT2D eigenvalue weighted by Crippen LogP contribution is -2.50. The van der Waals surface area contributed by atoms with Gasteiger partial charge in [-0.25, -0.2) is 0 Å². The van der Waals surface area contributed by atoms with E-state index in [1.165, 1.54) is 23.1 Å². The van der Waals surface area contributed by atoms with E-state index < -0.39 is 58.6 Å². The number of hydrogen-bond donors (Lipinski definition) is 4. The highest BCUT2D eigenvalue weighted by molar-refractivity contribution is 7.86. The molecule has 0 saturated carbocycles. The number of likely N-dealkylation sites (N-methyl/N-ethyl adjacent to an activating group) is 1. The molecule has 0 heterocycles. The lowest BCUT2D eigenvalue weighted by molar-refractivity contribution is -0.143. The second kappa shape index (κ2) is 17.7. The van der Waals surface area contributed by atoms with Crippen molar-refractivity contribution in [3.63, 3.8) is 0 Å². The van der Waals surface area contributed by atoms with Crippen molar-refractivity contribution in [1.82, 2.24) is 14.7 Å². The molecule has 0 spiro atoms. The third-order valence-corrected chi connectivity index (χ3v) is 6.87. The molecule has 0 aliphatic heterocycles.